The van der Waals surface area contributed by atoms with Crippen molar-refractivity contribution in [1.29, 1.82) is 0 Å². The van der Waals surface area contributed by atoms with Gasteiger partial charge in [-0.15, -0.1) is 0 Å². The predicted octanol–water partition coefficient (Wildman–Crippen LogP) is 3.38. The molecule has 1 aliphatic carbocycles. The summed E-state index contributed by atoms with van der Waals surface area (Å²) in [6.45, 7) is 4.35. The highest BCUT2D eigenvalue weighted by molar-refractivity contribution is 5.94. The molecule has 1 aromatic rings. The molecule has 0 atom stereocenters. The van der Waals surface area contributed by atoms with Gasteiger partial charge in [-0.3, -0.25) is 5.43 Å². The molecule has 1 aromatic carbocycles. The number of benzene rings is 1. The highest BCUT2D eigenvalue weighted by atomic mass is 15.3. The molecular weight excluding hydrogens is 260 g/mol. The van der Waals surface area contributed by atoms with Crippen LogP contribution in [-0.4, -0.2) is 12.0 Å². The van der Waals surface area contributed by atoms with Crippen LogP contribution in [0.3, 0.4) is 0 Å². The van der Waals surface area contributed by atoms with Gasteiger partial charge in [-0.2, -0.15) is 0 Å². The number of nitrogens with one attached hydrogen (secondary N) is 2. The summed E-state index contributed by atoms with van der Waals surface area (Å²) in [6.07, 6.45) is 8.22. The SMILES string of the molecule is CCc1cccc(CC)c1NC(=NC1CCCCC1)NN. The quantitative estimate of drug-likeness (QED) is 0.344. The van der Waals surface area contributed by atoms with Crippen molar-refractivity contribution in [2.45, 2.75) is 64.8 Å². The van der Waals surface area contributed by atoms with Crippen molar-refractivity contribution in [2.75, 3.05) is 5.32 Å². The van der Waals surface area contributed by atoms with Crippen LogP contribution in [-0.2, 0) is 12.8 Å². The monoisotopic (exact) mass is 288 g/mol. The Kier molecular flexibility index (Phi) is 6.05. The number of hydrogen-bond acceptors (Lipinski definition) is 2. The summed E-state index contributed by atoms with van der Waals surface area (Å²) < 4.78 is 0. The molecule has 0 aromatic heterocycles. The lowest BCUT2D eigenvalue weighted by molar-refractivity contribution is 0.442. The molecule has 4 heteroatoms. The number of anilines is 1. The number of nitrogens with zero attached hydrogens (tertiary/aromatic N) is 1. The average Bonchev–Trinajstić information content (AvgIpc) is 2.55. The van der Waals surface area contributed by atoms with Crippen molar-refractivity contribution in [1.82, 2.24) is 5.43 Å². The number of aryl methyl sites for hydroxylation is 2. The Bertz CT molecular complexity index is 453. The van der Waals surface area contributed by atoms with E-state index in [4.69, 9.17) is 10.8 Å². The lowest BCUT2D eigenvalue weighted by atomic mass is 9.96. The Morgan fingerprint density at radius 3 is 2.29 bits per heavy atom. The van der Waals surface area contributed by atoms with Crippen LogP contribution in [0.15, 0.2) is 23.2 Å². The summed E-state index contributed by atoms with van der Waals surface area (Å²) >= 11 is 0. The van der Waals surface area contributed by atoms with Crippen LogP contribution in [0.25, 0.3) is 0 Å². The van der Waals surface area contributed by atoms with Crippen molar-refractivity contribution in [3.8, 4) is 0 Å². The van der Waals surface area contributed by atoms with Gasteiger partial charge < -0.3 is 5.32 Å². The Balaban J connectivity index is 2.19. The van der Waals surface area contributed by atoms with Gasteiger partial charge in [0.2, 0.25) is 5.96 Å². The standard InChI is InChI=1S/C17H28N4/c1-3-13-9-8-10-14(4-2)16(13)20-17(21-18)19-15-11-6-5-7-12-15/h8-10,15H,3-7,11-12,18H2,1-2H3,(H2,19,20,21). The molecule has 4 nitrogen and oxygen atoms in total. The molecule has 4 N–H and O–H groups in total. The second kappa shape index (κ2) is 8.03. The molecule has 0 amide bonds. The summed E-state index contributed by atoms with van der Waals surface area (Å²) in [6, 6.07) is 6.85. The second-order valence-electron chi connectivity index (χ2n) is 5.70. The number of guanidine groups is 1. The zero-order valence-corrected chi connectivity index (χ0v) is 13.3. The summed E-state index contributed by atoms with van der Waals surface area (Å²) in [5.74, 6) is 6.37. The minimum absolute atomic E-state index is 0.399. The zero-order chi connectivity index (χ0) is 15.1. The second-order valence-corrected chi connectivity index (χ2v) is 5.70. The number of hydrazine groups is 1. The van der Waals surface area contributed by atoms with E-state index in [0.717, 1.165) is 18.5 Å². The van der Waals surface area contributed by atoms with Crippen LogP contribution in [0, 0.1) is 0 Å². The number of para-hydroxylation sites is 1. The molecule has 2 rings (SSSR count). The smallest absolute Gasteiger partial charge is 0.210 e. The third kappa shape index (κ3) is 4.21. The van der Waals surface area contributed by atoms with E-state index in [1.54, 1.807) is 0 Å². The number of aliphatic imine (C=N–C) groups is 1. The molecular formula is C17H28N4. The molecule has 0 radical (unpaired) electrons. The van der Waals surface area contributed by atoms with Crippen molar-refractivity contribution in [2.24, 2.45) is 10.8 Å². The van der Waals surface area contributed by atoms with Crippen LogP contribution in [0.5, 0.6) is 0 Å². The maximum Gasteiger partial charge on any atom is 0.210 e. The van der Waals surface area contributed by atoms with E-state index < -0.39 is 0 Å². The molecule has 0 heterocycles. The third-order valence-electron chi connectivity index (χ3n) is 4.27. The van der Waals surface area contributed by atoms with Gasteiger partial charge in [0.1, 0.15) is 0 Å². The van der Waals surface area contributed by atoms with Crippen LogP contribution in [0.1, 0.15) is 57.1 Å². The predicted molar refractivity (Wildman–Crippen MR) is 90.5 cm³/mol. The first-order chi connectivity index (χ1) is 10.3. The van der Waals surface area contributed by atoms with E-state index in [0.29, 0.717) is 12.0 Å². The Labute approximate surface area is 128 Å². The zero-order valence-electron chi connectivity index (χ0n) is 13.3. The van der Waals surface area contributed by atoms with Gasteiger partial charge >= 0.3 is 0 Å². The van der Waals surface area contributed by atoms with E-state index in [9.17, 15) is 0 Å². The van der Waals surface area contributed by atoms with Crippen molar-refractivity contribution in [3.63, 3.8) is 0 Å². The molecule has 0 unspecified atom stereocenters. The van der Waals surface area contributed by atoms with Crippen LogP contribution in [0.2, 0.25) is 0 Å². The van der Waals surface area contributed by atoms with Crippen molar-refractivity contribution in [3.05, 3.63) is 29.3 Å². The molecule has 0 saturated heterocycles. The fraction of sp³-hybridized carbons (Fsp3) is 0.588. The Hall–Kier alpha value is -1.55. The summed E-state index contributed by atoms with van der Waals surface area (Å²) in [4.78, 5) is 4.77. The van der Waals surface area contributed by atoms with Crippen molar-refractivity contribution >= 4 is 11.6 Å². The Morgan fingerprint density at radius 2 is 1.76 bits per heavy atom. The molecule has 0 spiro atoms. The van der Waals surface area contributed by atoms with E-state index in [1.807, 2.05) is 0 Å². The van der Waals surface area contributed by atoms with E-state index in [2.05, 4.69) is 42.8 Å². The van der Waals surface area contributed by atoms with Crippen LogP contribution >= 0.6 is 0 Å². The highest BCUT2D eigenvalue weighted by Crippen LogP contribution is 2.24. The lowest BCUT2D eigenvalue weighted by Crippen LogP contribution is -2.38. The fourth-order valence-corrected chi connectivity index (χ4v) is 3.02. The average molecular weight is 288 g/mol. The van der Waals surface area contributed by atoms with Gasteiger partial charge in [-0.1, -0.05) is 51.3 Å². The van der Waals surface area contributed by atoms with E-state index in [1.165, 1.54) is 43.2 Å². The molecule has 0 bridgehead atoms. The third-order valence-corrected chi connectivity index (χ3v) is 4.27. The van der Waals surface area contributed by atoms with Gasteiger partial charge in [0, 0.05) is 5.69 Å². The number of nitrogens with two attached hydrogens (primary N) is 1. The van der Waals surface area contributed by atoms with Crippen LogP contribution < -0.4 is 16.6 Å². The van der Waals surface area contributed by atoms with E-state index >= 15 is 0 Å². The van der Waals surface area contributed by atoms with Gasteiger partial charge in [0.15, 0.2) is 0 Å². The fourth-order valence-electron chi connectivity index (χ4n) is 3.02. The first-order valence-electron chi connectivity index (χ1n) is 8.20. The number of hydrogen-bond donors (Lipinski definition) is 3. The lowest BCUT2D eigenvalue weighted by Gasteiger charge is -2.21. The topological polar surface area (TPSA) is 62.4 Å². The molecule has 1 fully saturated rings. The van der Waals surface area contributed by atoms with Gasteiger partial charge in [-0.25, -0.2) is 10.8 Å². The molecule has 21 heavy (non-hydrogen) atoms. The van der Waals surface area contributed by atoms with E-state index in [-0.39, 0.29) is 0 Å². The first kappa shape index (κ1) is 15.8. The first-order valence-corrected chi connectivity index (χ1v) is 8.20. The normalized spacial score (nSPS) is 16.8. The molecule has 116 valence electrons. The highest BCUT2D eigenvalue weighted by Gasteiger charge is 2.14. The Morgan fingerprint density at radius 1 is 1.14 bits per heavy atom. The summed E-state index contributed by atoms with van der Waals surface area (Å²) in [5, 5.41) is 3.43. The molecule has 1 saturated carbocycles. The van der Waals surface area contributed by atoms with Gasteiger partial charge in [0.05, 0.1) is 6.04 Å². The maximum absolute atomic E-state index is 5.68. The summed E-state index contributed by atoms with van der Waals surface area (Å²) in [7, 11) is 0. The van der Waals surface area contributed by atoms with Gasteiger partial charge in [0.25, 0.3) is 0 Å². The van der Waals surface area contributed by atoms with Crippen LogP contribution in [0.4, 0.5) is 5.69 Å². The number of rotatable bonds is 4. The maximum atomic E-state index is 5.68. The minimum atomic E-state index is 0.399. The summed E-state index contributed by atoms with van der Waals surface area (Å²) in [5.41, 5.74) is 6.51. The largest absolute Gasteiger partial charge is 0.325 e. The molecule has 0 aliphatic heterocycles. The van der Waals surface area contributed by atoms with Crippen molar-refractivity contribution < 1.29 is 0 Å². The van der Waals surface area contributed by atoms with Gasteiger partial charge in [-0.05, 0) is 36.8 Å². The molecule has 1 aliphatic rings. The minimum Gasteiger partial charge on any atom is -0.325 e.